The Bertz CT molecular complexity index is 1310. The van der Waals surface area contributed by atoms with Crippen LogP contribution in [0, 0.1) is 0 Å². The number of fused-ring (bicyclic) bond motifs is 1. The predicted molar refractivity (Wildman–Crippen MR) is 145 cm³/mol. The van der Waals surface area contributed by atoms with Gasteiger partial charge in [0.25, 0.3) is 11.8 Å². The summed E-state index contributed by atoms with van der Waals surface area (Å²) < 4.78 is 4.34. The number of hydrogen-bond donors (Lipinski definition) is 7. The van der Waals surface area contributed by atoms with Gasteiger partial charge in [-0.1, -0.05) is 12.1 Å². The molecule has 0 radical (unpaired) electrons. The number of methoxy groups -OCH3 is 1. The average Bonchev–Trinajstić information content (AvgIpc) is 3.25. The number of carbonyl (C=O) groups is 10. The van der Waals surface area contributed by atoms with Crippen LogP contribution in [0.3, 0.4) is 0 Å². The number of ether oxygens (including phenoxy) is 1. The fourth-order valence-corrected chi connectivity index (χ4v) is 3.27. The Labute approximate surface area is 249 Å². The number of imide groups is 1. The smallest absolute Gasteiger partial charge is 0.325 e. The molecular formula is C25H30N8O11. The van der Waals surface area contributed by atoms with E-state index in [0.717, 1.165) is 12.0 Å². The van der Waals surface area contributed by atoms with Gasteiger partial charge in [-0.05, 0) is 12.1 Å². The Hall–Kier alpha value is -5.88. The lowest BCUT2D eigenvalue weighted by Crippen LogP contribution is -2.47. The highest BCUT2D eigenvalue weighted by Gasteiger charge is 2.36. The molecule has 1 heterocycles. The van der Waals surface area contributed by atoms with Crippen LogP contribution in [0.15, 0.2) is 24.3 Å². The minimum absolute atomic E-state index is 0.172. The third-order valence-electron chi connectivity index (χ3n) is 5.51. The molecule has 0 aromatic heterocycles. The van der Waals surface area contributed by atoms with Crippen LogP contribution in [-0.2, 0) is 43.1 Å². The Balaban J connectivity index is 1.53. The van der Waals surface area contributed by atoms with Crippen LogP contribution < -0.4 is 37.2 Å². The van der Waals surface area contributed by atoms with Crippen molar-refractivity contribution >= 4 is 59.1 Å². The summed E-state index contributed by atoms with van der Waals surface area (Å²) in [5.41, 5.74) is 0.344. The summed E-state index contributed by atoms with van der Waals surface area (Å²) >= 11 is 0. The highest BCUT2D eigenvalue weighted by molar-refractivity contribution is 6.22. The van der Waals surface area contributed by atoms with Crippen LogP contribution in [-0.4, -0.2) is 124 Å². The third-order valence-corrected chi connectivity index (χ3v) is 5.51. The first-order valence-corrected chi connectivity index (χ1v) is 12.8. The number of rotatable bonds is 16. The van der Waals surface area contributed by atoms with Crippen molar-refractivity contribution in [3.05, 3.63) is 35.4 Å². The first-order chi connectivity index (χ1) is 20.9. The first kappa shape index (κ1) is 34.3. The van der Waals surface area contributed by atoms with Gasteiger partial charge in [0.15, 0.2) is 0 Å². The summed E-state index contributed by atoms with van der Waals surface area (Å²) in [7, 11) is 1.14. The molecule has 1 aromatic carbocycles. The Morgan fingerprint density at radius 3 is 1.14 bits per heavy atom. The minimum Gasteiger partial charge on any atom is -0.468 e. The molecule has 0 unspecified atom stereocenters. The zero-order valence-corrected chi connectivity index (χ0v) is 23.4. The zero-order chi connectivity index (χ0) is 32.6. The van der Waals surface area contributed by atoms with Crippen molar-refractivity contribution in [2.45, 2.75) is 0 Å². The summed E-state index contributed by atoms with van der Waals surface area (Å²) in [4.78, 5) is 119. The van der Waals surface area contributed by atoms with Crippen molar-refractivity contribution in [3.8, 4) is 0 Å². The van der Waals surface area contributed by atoms with Gasteiger partial charge in [-0.2, -0.15) is 0 Å². The van der Waals surface area contributed by atoms with Gasteiger partial charge in [-0.15, -0.1) is 0 Å². The summed E-state index contributed by atoms with van der Waals surface area (Å²) in [6.07, 6.45) is 0. The Kier molecular flexibility index (Phi) is 13.4. The molecule has 0 fully saturated rings. The van der Waals surface area contributed by atoms with Gasteiger partial charge in [-0.3, -0.25) is 52.8 Å². The van der Waals surface area contributed by atoms with E-state index in [1.165, 1.54) is 12.1 Å². The molecule has 19 nitrogen and oxygen atoms in total. The quantitative estimate of drug-likeness (QED) is 0.0677. The van der Waals surface area contributed by atoms with Crippen molar-refractivity contribution in [1.29, 1.82) is 0 Å². The van der Waals surface area contributed by atoms with Crippen LogP contribution in [0.1, 0.15) is 20.7 Å². The lowest BCUT2D eigenvalue weighted by molar-refractivity contribution is -0.141. The highest BCUT2D eigenvalue weighted by Crippen LogP contribution is 2.21. The van der Waals surface area contributed by atoms with E-state index in [4.69, 9.17) is 0 Å². The largest absolute Gasteiger partial charge is 0.468 e. The molecule has 9 amide bonds. The van der Waals surface area contributed by atoms with Crippen molar-refractivity contribution in [1.82, 2.24) is 42.1 Å². The van der Waals surface area contributed by atoms with Gasteiger partial charge in [0.1, 0.15) is 13.1 Å². The number of esters is 1. The zero-order valence-electron chi connectivity index (χ0n) is 23.4. The van der Waals surface area contributed by atoms with E-state index in [1.54, 1.807) is 12.1 Å². The maximum absolute atomic E-state index is 12.3. The first-order valence-electron chi connectivity index (χ1n) is 12.8. The maximum Gasteiger partial charge on any atom is 0.325 e. The molecule has 19 heteroatoms. The molecule has 0 saturated carbocycles. The van der Waals surface area contributed by atoms with Crippen molar-refractivity contribution in [2.75, 3.05) is 59.5 Å². The molecule has 2 rings (SSSR count). The molecule has 7 N–H and O–H groups in total. The number of hydrogen-bond acceptors (Lipinski definition) is 11. The van der Waals surface area contributed by atoms with E-state index < -0.39 is 105 Å². The molecule has 1 aromatic rings. The van der Waals surface area contributed by atoms with Gasteiger partial charge in [0, 0.05) is 0 Å². The summed E-state index contributed by atoms with van der Waals surface area (Å²) in [6.45, 7) is -4.09. The SMILES string of the molecule is COC(=O)CNC(=O)CNC(=O)CNC(=O)CNC(=O)CNC(=O)CNC(=O)CNC(=O)CN1C(=O)c2ccccc2C1=O. The third kappa shape index (κ3) is 11.5. The minimum atomic E-state index is -0.777. The molecule has 44 heavy (non-hydrogen) atoms. The molecule has 0 bridgehead atoms. The highest BCUT2D eigenvalue weighted by atomic mass is 16.5. The number of carbonyl (C=O) groups excluding carboxylic acids is 10. The van der Waals surface area contributed by atoms with Crippen LogP contribution in [0.2, 0.25) is 0 Å². The maximum atomic E-state index is 12.3. The van der Waals surface area contributed by atoms with E-state index in [1.807, 2.05) is 0 Å². The second-order valence-electron chi connectivity index (χ2n) is 8.76. The van der Waals surface area contributed by atoms with Crippen molar-refractivity contribution < 1.29 is 52.7 Å². The summed E-state index contributed by atoms with van der Waals surface area (Å²) in [5, 5.41) is 15.4. The van der Waals surface area contributed by atoms with E-state index >= 15 is 0 Å². The standard InChI is InChI=1S/C25H30N8O11/c1-44-23(41)12-32-21(39)10-30-19(37)8-28-17(35)6-26-16(34)7-27-18(36)9-29-20(38)11-31-22(40)13-33-24(42)14-4-2-3-5-15(14)25(33)43/h2-5H,6-13H2,1H3,(H,26,34)(H,27,36)(H,28,35)(H,29,38)(H,30,37)(H,31,40)(H,32,39). The van der Waals surface area contributed by atoms with Gasteiger partial charge >= 0.3 is 5.97 Å². The molecule has 236 valence electrons. The topological polar surface area (TPSA) is 267 Å². The Morgan fingerprint density at radius 2 is 0.818 bits per heavy atom. The fourth-order valence-electron chi connectivity index (χ4n) is 3.27. The molecule has 1 aliphatic heterocycles. The lowest BCUT2D eigenvalue weighted by Gasteiger charge is -2.13. The fraction of sp³-hybridized carbons (Fsp3) is 0.360. The second kappa shape index (κ2) is 17.2. The van der Waals surface area contributed by atoms with Gasteiger partial charge in [0.2, 0.25) is 41.4 Å². The number of amides is 9. The molecule has 0 saturated heterocycles. The van der Waals surface area contributed by atoms with Crippen LogP contribution in [0.5, 0.6) is 0 Å². The molecule has 0 spiro atoms. The molecule has 0 aliphatic carbocycles. The number of nitrogens with one attached hydrogen (secondary N) is 7. The average molecular weight is 619 g/mol. The lowest BCUT2D eigenvalue weighted by atomic mass is 10.1. The van der Waals surface area contributed by atoms with E-state index in [9.17, 15) is 47.9 Å². The van der Waals surface area contributed by atoms with Crippen molar-refractivity contribution in [3.63, 3.8) is 0 Å². The summed E-state index contributed by atoms with van der Waals surface area (Å²) in [6, 6.07) is 6.08. The molecule has 1 aliphatic rings. The number of nitrogens with zero attached hydrogens (tertiary/aromatic N) is 1. The van der Waals surface area contributed by atoms with Crippen LogP contribution >= 0.6 is 0 Å². The predicted octanol–water partition coefficient (Wildman–Crippen LogP) is -5.73. The van der Waals surface area contributed by atoms with Crippen LogP contribution in [0.25, 0.3) is 0 Å². The van der Waals surface area contributed by atoms with Crippen LogP contribution in [0.4, 0.5) is 0 Å². The normalized spacial score (nSPS) is 11.4. The molecular weight excluding hydrogens is 588 g/mol. The monoisotopic (exact) mass is 618 g/mol. The van der Waals surface area contributed by atoms with Crippen molar-refractivity contribution in [2.24, 2.45) is 0 Å². The van der Waals surface area contributed by atoms with Gasteiger partial charge in [-0.25, -0.2) is 0 Å². The summed E-state index contributed by atoms with van der Waals surface area (Å²) in [5.74, 6) is -7.11. The number of benzene rings is 1. The Morgan fingerprint density at radius 1 is 0.523 bits per heavy atom. The molecule has 0 atom stereocenters. The van der Waals surface area contributed by atoms with E-state index in [-0.39, 0.29) is 17.7 Å². The second-order valence-corrected chi connectivity index (χ2v) is 8.76. The van der Waals surface area contributed by atoms with Gasteiger partial charge in [0.05, 0.1) is 57.5 Å². The van der Waals surface area contributed by atoms with E-state index in [0.29, 0.717) is 0 Å². The van der Waals surface area contributed by atoms with E-state index in [2.05, 4.69) is 42.0 Å². The van der Waals surface area contributed by atoms with Gasteiger partial charge < -0.3 is 42.0 Å².